The molecule has 15 nitrogen and oxygen atoms in total. The normalized spacial score (nSPS) is 21.4. The molecule has 3 heterocycles. The third kappa shape index (κ3) is 32.3. The second-order valence-electron chi connectivity index (χ2n) is 48.3. The summed E-state index contributed by atoms with van der Waals surface area (Å²) in [4.78, 5) is 12.5. The number of aliphatic hydroxyl groups excluding tert-OH is 1. The van der Waals surface area contributed by atoms with E-state index in [-0.39, 0.29) is 169 Å². The Bertz CT molecular complexity index is 4360. The van der Waals surface area contributed by atoms with Crippen molar-refractivity contribution in [3.8, 4) is 0 Å². The molecule has 0 aliphatic carbocycles. The maximum absolute atomic E-state index is 12.5. The first kappa shape index (κ1) is 124. The van der Waals surface area contributed by atoms with Gasteiger partial charge in [-0.2, -0.15) is 0 Å². The van der Waals surface area contributed by atoms with E-state index in [4.69, 9.17) is 59.7 Å². The molecule has 1 N–H and O–H groups in total. The van der Waals surface area contributed by atoms with Crippen LogP contribution in [0.25, 0.3) is 0 Å². The van der Waals surface area contributed by atoms with E-state index in [2.05, 4.69) is 446 Å². The van der Waals surface area contributed by atoms with E-state index in [1.165, 1.54) is 31.1 Å². The van der Waals surface area contributed by atoms with Crippen LogP contribution in [0.3, 0.4) is 0 Å². The van der Waals surface area contributed by atoms with Gasteiger partial charge in [0.15, 0.2) is 42.3 Å². The largest absolute Gasteiger partial charge is 1.00 e. The van der Waals surface area contributed by atoms with Crippen LogP contribution in [-0.2, 0) is 64.5 Å². The van der Waals surface area contributed by atoms with Crippen LogP contribution in [0.4, 0.5) is 0 Å². The van der Waals surface area contributed by atoms with Gasteiger partial charge >= 0.3 is 24.8 Å². The smallest absolute Gasteiger partial charge is 1.00 e. The van der Waals surface area contributed by atoms with E-state index in [0.29, 0.717) is 12.8 Å². The topological polar surface area (TPSA) is 157 Å². The Morgan fingerprint density at radius 1 is 0.350 bits per heavy atom. The Kier molecular flexibility index (Phi) is 45.2. The molecule has 3 saturated heterocycles. The van der Waals surface area contributed by atoms with Crippen LogP contribution >= 0.6 is 22.6 Å². The van der Waals surface area contributed by atoms with E-state index in [9.17, 15) is 9.90 Å². The first-order chi connectivity index (χ1) is 62.1. The molecule has 3 aliphatic heterocycles. The molecule has 24 heteroatoms. The zero-order chi connectivity index (χ0) is 102. The molecule has 3 aliphatic rings. The summed E-state index contributed by atoms with van der Waals surface area (Å²) in [5.74, 6) is -2.04. The minimum atomic E-state index is -2.73. The summed E-state index contributed by atoms with van der Waals surface area (Å²) in [6.07, 6.45) is 13.0. The van der Waals surface area contributed by atoms with Gasteiger partial charge in [0.25, 0.3) is 25.0 Å². The first-order valence-corrected chi connectivity index (χ1v) is 65.9. The standard InChI is InChI=1S/C41H66O6Si2.C36H57IO4Si2.C36H58O5Si2.B.Li.H/c1-30(31(2)46-49(40(9,10)11,32-22-18-16-19-23-32)33-24-20-17-21-25-33)26-27-35(47-48(14,15)39(6,7)8)36-34(44-41(12,13)45-36)28-29-43-37(42)38(3,4)5;2*1-27(23-24-32(41-42(11,12)34(3,4)5)33-31(25-26-37)38-36(9,10)39-33)28(2)40-43(35(6,7)8,29-19-15-13-16-20-29)30-21-17-14-18-22-30;;;/h16-27,30-31,34-36H,28-29H2,1-15H3;13-24,27-28,31-33H,25-26H2,1-12H3;13-24,27-28,31-33,37H,25-26H2,1-12H3;;;/q;;;;+1;-1/b27-26-;2*24-23-;;;/t30-,31+,34+,35?,36+;2*27-,28+,31+,32?,33+;;;/m111.../s1. The molecule has 0 amide bonds. The summed E-state index contributed by atoms with van der Waals surface area (Å²) in [6.45, 7) is 86.0. The Labute approximate surface area is 868 Å². The van der Waals surface area contributed by atoms with Gasteiger partial charge in [-0.3, -0.25) is 4.79 Å². The summed E-state index contributed by atoms with van der Waals surface area (Å²) in [5, 5.41) is 17.3. The van der Waals surface area contributed by atoms with Crippen LogP contribution in [0.15, 0.2) is 218 Å². The fourth-order valence-electron chi connectivity index (χ4n) is 17.6. The van der Waals surface area contributed by atoms with Crippen molar-refractivity contribution in [2.75, 3.05) is 17.6 Å². The molecule has 3 fully saturated rings. The molecule has 9 rings (SSSR count). The number of alkyl halides is 1. The van der Waals surface area contributed by atoms with E-state index in [1.54, 1.807) is 0 Å². The van der Waals surface area contributed by atoms with Gasteiger partial charge in [0.2, 0.25) is 0 Å². The minimum Gasteiger partial charge on any atom is -1.00 e. The van der Waals surface area contributed by atoms with Gasteiger partial charge in [0, 0.05) is 44.2 Å². The number of halogens is 1. The van der Waals surface area contributed by atoms with E-state index < -0.39 is 72.7 Å². The van der Waals surface area contributed by atoms with Crippen molar-refractivity contribution in [1.82, 2.24) is 0 Å². The Morgan fingerprint density at radius 3 is 0.752 bits per heavy atom. The van der Waals surface area contributed by atoms with Gasteiger partial charge in [-0.1, -0.05) is 386 Å². The Morgan fingerprint density at radius 2 is 0.562 bits per heavy atom. The SMILES string of the molecule is C[C@H](/C=C\C(O[Si](C)(C)C(C)(C)C)[C@H]1OC(C)(C)O[C@H]1CCI)[C@H](C)O[Si](c1ccccc1)(c1ccccc1)C(C)(C)C.C[C@H](/C=C\C(O[Si](C)(C)C(C)(C)C)[C@H]1OC(C)(C)O[C@H]1CCO)[C@H](C)O[Si](c1ccccc1)(c1ccccc1)C(C)(C)C.C[C@H](/C=C\C(O[Si](C)(C)C(C)(C)C)[C@H]1OC(C)(C)O[C@H]1CCOC(=O)C(C)(C)C)[C@H](C)O[Si](c1ccccc1)(c1ccccc1)C(C)(C)C.[B].[H-].[Li+]. The van der Waals surface area contributed by atoms with Gasteiger partial charge in [-0.25, -0.2) is 0 Å². The molecule has 3 radical (unpaired) electrons. The number of carbonyl (C=O) groups is 1. The van der Waals surface area contributed by atoms with Crippen LogP contribution < -0.4 is 50.0 Å². The zero-order valence-corrected chi connectivity index (χ0v) is 100. The molecule has 15 atom stereocenters. The third-order valence-corrected chi connectivity index (χ3v) is 58.2. The summed E-state index contributed by atoms with van der Waals surface area (Å²) in [6, 6.07) is 65.0. The van der Waals surface area contributed by atoms with Crippen LogP contribution in [0.2, 0.25) is 69.5 Å². The number of ether oxygens (including phenoxy) is 7. The minimum absolute atomic E-state index is 0. The maximum Gasteiger partial charge on any atom is 1.00 e. The molecule has 3 unspecified atom stereocenters. The summed E-state index contributed by atoms with van der Waals surface area (Å²) >= 11 is 2.43. The van der Waals surface area contributed by atoms with Crippen LogP contribution in [-0.4, -0.2) is 178 Å². The molecule has 0 spiro atoms. The molecule has 0 saturated carbocycles. The number of hydrogen-bond acceptors (Lipinski definition) is 15. The van der Waals surface area contributed by atoms with Gasteiger partial charge in [-0.15, -0.1) is 0 Å². The predicted molar refractivity (Wildman–Crippen MR) is 594 cm³/mol. The molecule has 759 valence electrons. The quantitative estimate of drug-likeness (QED) is 0.0129. The fourth-order valence-corrected chi connectivity index (χ4v) is 36.3. The molecule has 0 aromatic heterocycles. The number of rotatable bonds is 37. The number of benzene rings is 6. The molecule has 137 heavy (non-hydrogen) atoms. The number of aliphatic hydroxyl groups is 1. The van der Waals surface area contributed by atoms with Crippen molar-refractivity contribution in [2.45, 2.75) is 408 Å². The fraction of sp³-hybridized carbons (Fsp3) is 0.619. The molecule has 6 aromatic rings. The number of esters is 1. The van der Waals surface area contributed by atoms with E-state index in [0.717, 1.165) is 10.8 Å². The summed E-state index contributed by atoms with van der Waals surface area (Å²) < 4.78 is 88.9. The molecular formula is C113H182BILiO15Si6. The van der Waals surface area contributed by atoms with Crippen molar-refractivity contribution in [2.24, 2.45) is 23.2 Å². The average molecular weight is 2090 g/mol. The van der Waals surface area contributed by atoms with E-state index in [1.807, 2.05) is 62.3 Å². The molecule has 0 bridgehead atoms. The van der Waals surface area contributed by atoms with Crippen molar-refractivity contribution in [3.63, 3.8) is 0 Å². The Hall–Kier alpha value is -3.82. The van der Waals surface area contributed by atoms with Crippen LogP contribution in [0.1, 0.15) is 249 Å². The molecular weight excluding hydrogens is 1910 g/mol. The summed E-state index contributed by atoms with van der Waals surface area (Å²) in [7, 11) is -14.6. The van der Waals surface area contributed by atoms with E-state index >= 15 is 0 Å². The van der Waals surface area contributed by atoms with Gasteiger partial charge in [0.1, 0.15) is 18.3 Å². The van der Waals surface area contributed by atoms with Crippen LogP contribution in [0.5, 0.6) is 0 Å². The van der Waals surface area contributed by atoms with Crippen molar-refractivity contribution >= 4 is 118 Å². The van der Waals surface area contributed by atoms with Crippen molar-refractivity contribution in [3.05, 3.63) is 218 Å². The number of hydrogen-bond donors (Lipinski definition) is 1. The van der Waals surface area contributed by atoms with Crippen molar-refractivity contribution < 1.29 is 89.9 Å². The zero-order valence-electron chi connectivity index (χ0n) is 93.3. The predicted octanol–water partition coefficient (Wildman–Crippen LogP) is 22.1. The second kappa shape index (κ2) is 50.1. The van der Waals surface area contributed by atoms with Gasteiger partial charge in [-0.05, 0) is 214 Å². The monoisotopic (exact) mass is 2090 g/mol. The average Bonchev–Trinajstić information content (AvgIpc) is 1.14. The number of carbonyl (C=O) groups excluding carboxylic acids is 1. The van der Waals surface area contributed by atoms with Crippen LogP contribution in [0, 0.1) is 23.2 Å². The molecule has 6 aromatic carbocycles. The maximum atomic E-state index is 12.5. The Balaban J connectivity index is 0.000000429. The first-order valence-electron chi connectivity index (χ1n) is 50.0. The third-order valence-electron chi connectivity index (χ3n) is 28.8. The van der Waals surface area contributed by atoms with Crippen molar-refractivity contribution in [1.29, 1.82) is 0 Å². The van der Waals surface area contributed by atoms with Gasteiger partial charge < -0.3 is 66.2 Å². The van der Waals surface area contributed by atoms with Gasteiger partial charge in [0.05, 0.1) is 48.6 Å². The second-order valence-corrected chi connectivity index (χ2v) is 76.4. The summed E-state index contributed by atoms with van der Waals surface area (Å²) in [5.41, 5.74) is -0.564.